The van der Waals surface area contributed by atoms with Crippen LogP contribution in [0.4, 0.5) is 27.6 Å². The fourth-order valence-electron chi connectivity index (χ4n) is 4.20. The molecule has 0 aromatic heterocycles. The van der Waals surface area contributed by atoms with Crippen molar-refractivity contribution in [2.24, 2.45) is 5.92 Å². The van der Waals surface area contributed by atoms with Crippen molar-refractivity contribution in [1.82, 2.24) is 0 Å². The van der Waals surface area contributed by atoms with Gasteiger partial charge in [0.25, 0.3) is 10.0 Å². The molecule has 3 aromatic rings. The van der Waals surface area contributed by atoms with E-state index in [2.05, 4.69) is 4.74 Å². The van der Waals surface area contributed by atoms with Crippen LogP contribution in [0.2, 0.25) is 5.02 Å². The van der Waals surface area contributed by atoms with Gasteiger partial charge >= 0.3 is 18.8 Å². The number of rotatable bonds is 8. The molecule has 7 nitrogen and oxygen atoms in total. The molecule has 0 saturated heterocycles. The number of fused-ring (bicyclic) bond motifs is 1. The molecule has 0 saturated carbocycles. The van der Waals surface area contributed by atoms with E-state index < -0.39 is 57.8 Å². The quantitative estimate of drug-likeness (QED) is 0.288. The number of hydrogen-bond donors (Lipinski definition) is 1. The first kappa shape index (κ1) is 29.4. The number of carboxylic acids is 1. The second-order valence-electron chi connectivity index (χ2n) is 9.01. The average Bonchev–Trinajstić information content (AvgIpc) is 2.86. The standard InChI is InChI=1S/C26H21ClF5NO6S/c1-14(24(34)35)7-20-13-33(40(36,37)21-4-2-3-17(11-21)26(30,31)32)22-10-15(5-6-23(22)38-20)16-8-18(27)12-19(9-16)39-25(28)29/h2-6,8-12,14,20,25H,7,13H2,1H3,(H,34,35)/t14-,20-/m0/s1. The van der Waals surface area contributed by atoms with Crippen LogP contribution in [0.1, 0.15) is 18.9 Å². The van der Waals surface area contributed by atoms with Crippen LogP contribution in [0.15, 0.2) is 65.6 Å². The molecule has 2 atom stereocenters. The van der Waals surface area contributed by atoms with Crippen molar-refractivity contribution in [3.63, 3.8) is 0 Å². The first-order valence-corrected chi connectivity index (χ1v) is 13.5. The van der Waals surface area contributed by atoms with Crippen molar-refractivity contribution in [3.8, 4) is 22.6 Å². The van der Waals surface area contributed by atoms with Gasteiger partial charge < -0.3 is 14.6 Å². The highest BCUT2D eigenvalue weighted by Gasteiger charge is 2.38. The van der Waals surface area contributed by atoms with Crippen molar-refractivity contribution >= 4 is 33.3 Å². The Morgan fingerprint density at radius 1 is 1.12 bits per heavy atom. The van der Waals surface area contributed by atoms with E-state index in [0.717, 1.165) is 28.6 Å². The van der Waals surface area contributed by atoms with Crippen LogP contribution < -0.4 is 13.8 Å². The lowest BCUT2D eigenvalue weighted by atomic mass is 10.0. The molecule has 0 bridgehead atoms. The highest BCUT2D eigenvalue weighted by molar-refractivity contribution is 7.92. The Kier molecular flexibility index (Phi) is 8.18. The summed E-state index contributed by atoms with van der Waals surface area (Å²) in [6, 6.07) is 11.3. The molecule has 14 heteroatoms. The monoisotopic (exact) mass is 605 g/mol. The summed E-state index contributed by atoms with van der Waals surface area (Å²) in [6.45, 7) is -2.11. The van der Waals surface area contributed by atoms with E-state index in [1.54, 1.807) is 0 Å². The van der Waals surface area contributed by atoms with Crippen LogP contribution in [-0.4, -0.2) is 38.8 Å². The Morgan fingerprint density at radius 3 is 2.50 bits per heavy atom. The van der Waals surface area contributed by atoms with Gasteiger partial charge in [-0.3, -0.25) is 9.10 Å². The van der Waals surface area contributed by atoms with Crippen LogP contribution in [0.5, 0.6) is 11.5 Å². The van der Waals surface area contributed by atoms with Gasteiger partial charge in [-0.25, -0.2) is 8.42 Å². The third kappa shape index (κ3) is 6.41. The molecule has 0 amide bonds. The predicted octanol–water partition coefficient (Wildman–Crippen LogP) is 6.69. The number of sulfonamides is 1. The van der Waals surface area contributed by atoms with Crippen LogP contribution >= 0.6 is 11.6 Å². The molecule has 0 fully saturated rings. The van der Waals surface area contributed by atoms with Crippen molar-refractivity contribution in [2.45, 2.75) is 37.1 Å². The first-order valence-electron chi connectivity index (χ1n) is 11.6. The van der Waals surface area contributed by atoms with E-state index in [1.807, 2.05) is 0 Å². The SMILES string of the molecule is C[C@@H](C[C@H]1CN(S(=O)(=O)c2cccc(C(F)(F)F)c2)c2cc(-c3cc(Cl)cc(OC(F)F)c3)ccc2O1)C(=O)O. The molecular formula is C26H21ClF5NO6S. The maximum absolute atomic E-state index is 13.7. The van der Waals surface area contributed by atoms with Gasteiger partial charge in [0.2, 0.25) is 0 Å². The minimum Gasteiger partial charge on any atom is -0.486 e. The van der Waals surface area contributed by atoms with E-state index in [4.69, 9.17) is 16.3 Å². The third-order valence-electron chi connectivity index (χ3n) is 6.11. The molecule has 3 aromatic carbocycles. The predicted molar refractivity (Wildman–Crippen MR) is 135 cm³/mol. The van der Waals surface area contributed by atoms with Gasteiger partial charge in [0.15, 0.2) is 0 Å². The summed E-state index contributed by atoms with van der Waals surface area (Å²) < 4.78 is 104. The highest BCUT2D eigenvalue weighted by atomic mass is 35.5. The largest absolute Gasteiger partial charge is 0.486 e. The van der Waals surface area contributed by atoms with Gasteiger partial charge in [-0.2, -0.15) is 22.0 Å². The van der Waals surface area contributed by atoms with Gasteiger partial charge in [-0.1, -0.05) is 30.7 Å². The maximum atomic E-state index is 13.7. The molecular weight excluding hydrogens is 585 g/mol. The molecule has 1 aliphatic heterocycles. The van der Waals surface area contributed by atoms with Gasteiger partial charge in [0.05, 0.1) is 28.6 Å². The third-order valence-corrected chi connectivity index (χ3v) is 8.10. The molecule has 1 heterocycles. The fraction of sp³-hybridized carbons (Fsp3) is 0.269. The molecule has 40 heavy (non-hydrogen) atoms. The molecule has 0 aliphatic carbocycles. The van der Waals surface area contributed by atoms with Crippen LogP contribution in [-0.2, 0) is 21.0 Å². The van der Waals surface area contributed by atoms with E-state index in [-0.39, 0.29) is 34.2 Å². The number of benzene rings is 3. The van der Waals surface area contributed by atoms with Gasteiger partial charge in [-0.15, -0.1) is 0 Å². The second-order valence-corrected chi connectivity index (χ2v) is 11.3. The summed E-state index contributed by atoms with van der Waals surface area (Å²) in [7, 11) is -4.62. The fourth-order valence-corrected chi connectivity index (χ4v) is 5.97. The van der Waals surface area contributed by atoms with E-state index in [0.29, 0.717) is 11.6 Å². The Morgan fingerprint density at radius 2 is 1.85 bits per heavy atom. The average molecular weight is 606 g/mol. The number of anilines is 1. The number of carboxylic acid groups (broad SMARTS) is 1. The summed E-state index contributed by atoms with van der Waals surface area (Å²) >= 11 is 6.06. The number of halogens is 6. The molecule has 4 rings (SSSR count). The minimum absolute atomic E-state index is 0.0271. The van der Waals surface area contributed by atoms with Gasteiger partial charge in [0, 0.05) is 5.02 Å². The first-order chi connectivity index (χ1) is 18.6. The number of nitrogens with zero attached hydrogens (tertiary/aromatic N) is 1. The molecule has 0 unspecified atom stereocenters. The van der Waals surface area contributed by atoms with Gasteiger partial charge in [-0.05, 0) is 66.1 Å². The van der Waals surface area contributed by atoms with E-state index in [1.165, 1.54) is 37.3 Å². The second kappa shape index (κ2) is 11.1. The zero-order chi connectivity index (χ0) is 29.4. The van der Waals surface area contributed by atoms with E-state index in [9.17, 15) is 40.3 Å². The van der Waals surface area contributed by atoms with Crippen LogP contribution in [0.25, 0.3) is 11.1 Å². The van der Waals surface area contributed by atoms with Crippen molar-refractivity contribution < 1.29 is 49.7 Å². The van der Waals surface area contributed by atoms with Crippen LogP contribution in [0, 0.1) is 5.92 Å². The Labute approximate surface area is 230 Å². The lowest BCUT2D eigenvalue weighted by Gasteiger charge is -2.36. The number of hydrogen-bond acceptors (Lipinski definition) is 5. The Balaban J connectivity index is 1.83. The summed E-state index contributed by atoms with van der Waals surface area (Å²) in [6.07, 6.45) is -5.83. The molecule has 1 aliphatic rings. The maximum Gasteiger partial charge on any atom is 0.416 e. The zero-order valence-corrected chi connectivity index (χ0v) is 22.1. The summed E-state index contributed by atoms with van der Waals surface area (Å²) in [5.41, 5.74) is -0.627. The summed E-state index contributed by atoms with van der Waals surface area (Å²) in [4.78, 5) is 10.8. The molecule has 0 radical (unpaired) electrons. The van der Waals surface area contributed by atoms with Crippen LogP contribution in [0.3, 0.4) is 0 Å². The Bertz CT molecular complexity index is 1530. The van der Waals surface area contributed by atoms with E-state index >= 15 is 0 Å². The number of carbonyl (C=O) groups is 1. The lowest BCUT2D eigenvalue weighted by Crippen LogP contribution is -2.44. The molecule has 0 spiro atoms. The summed E-state index contributed by atoms with van der Waals surface area (Å²) in [5.74, 6) is -2.27. The molecule has 1 N–H and O–H groups in total. The normalized spacial score (nSPS) is 16.3. The van der Waals surface area contributed by atoms with Crippen molar-refractivity contribution in [2.75, 3.05) is 10.8 Å². The minimum atomic E-state index is -4.80. The number of ether oxygens (including phenoxy) is 2. The lowest BCUT2D eigenvalue weighted by molar-refractivity contribution is -0.142. The van der Waals surface area contributed by atoms with Gasteiger partial charge in [0.1, 0.15) is 17.6 Å². The van der Waals surface area contributed by atoms with Crippen molar-refractivity contribution in [3.05, 3.63) is 71.2 Å². The zero-order valence-electron chi connectivity index (χ0n) is 20.5. The smallest absolute Gasteiger partial charge is 0.416 e. The number of alkyl halides is 5. The number of aliphatic carboxylic acids is 1. The van der Waals surface area contributed by atoms with Crippen molar-refractivity contribution in [1.29, 1.82) is 0 Å². The summed E-state index contributed by atoms with van der Waals surface area (Å²) in [5, 5.41) is 9.37. The molecule has 214 valence electrons. The topological polar surface area (TPSA) is 93.1 Å². The Hall–Kier alpha value is -3.58. The highest BCUT2D eigenvalue weighted by Crippen LogP contribution is 2.42.